The molecule has 1 heterocycles. The molecule has 2 aromatic carbocycles. The molecule has 6 heteroatoms. The number of aryl methyl sites for hydroxylation is 3. The first kappa shape index (κ1) is 19.4. The second-order valence-corrected chi connectivity index (χ2v) is 6.78. The van der Waals surface area contributed by atoms with Crippen molar-refractivity contribution in [3.63, 3.8) is 0 Å². The van der Waals surface area contributed by atoms with Crippen LogP contribution in [0.3, 0.4) is 0 Å². The Morgan fingerprint density at radius 3 is 2.54 bits per heavy atom. The number of aromatic nitrogens is 2. The maximum atomic E-state index is 12.4. The van der Waals surface area contributed by atoms with Gasteiger partial charge in [-0.15, -0.1) is 0 Å². The highest BCUT2D eigenvalue weighted by Crippen LogP contribution is 2.18. The number of benzene rings is 2. The molecule has 0 atom stereocenters. The van der Waals surface area contributed by atoms with E-state index in [9.17, 15) is 9.59 Å². The number of hydrogen-bond acceptors (Lipinski definition) is 3. The van der Waals surface area contributed by atoms with Crippen LogP contribution in [0.15, 0.2) is 54.6 Å². The lowest BCUT2D eigenvalue weighted by molar-refractivity contribution is -0.116. The van der Waals surface area contributed by atoms with Crippen LogP contribution in [-0.4, -0.2) is 28.1 Å². The molecule has 28 heavy (non-hydrogen) atoms. The van der Waals surface area contributed by atoms with E-state index in [-0.39, 0.29) is 24.8 Å². The van der Waals surface area contributed by atoms with E-state index < -0.39 is 0 Å². The molecule has 6 nitrogen and oxygen atoms in total. The molecule has 3 aromatic rings. The molecule has 2 amide bonds. The molecule has 0 bridgehead atoms. The fourth-order valence-corrected chi connectivity index (χ4v) is 2.89. The summed E-state index contributed by atoms with van der Waals surface area (Å²) in [5.74, 6) is -0.388. The summed E-state index contributed by atoms with van der Waals surface area (Å²) in [5, 5.41) is 10.1. The van der Waals surface area contributed by atoms with Gasteiger partial charge in [0.1, 0.15) is 5.69 Å². The average molecular weight is 376 g/mol. The third-order valence-corrected chi connectivity index (χ3v) is 4.49. The quantitative estimate of drug-likeness (QED) is 0.692. The Morgan fingerprint density at radius 1 is 1.04 bits per heavy atom. The molecule has 144 valence electrons. The lowest BCUT2D eigenvalue weighted by Crippen LogP contribution is -2.29. The van der Waals surface area contributed by atoms with Gasteiger partial charge in [0, 0.05) is 31.3 Å². The summed E-state index contributed by atoms with van der Waals surface area (Å²) >= 11 is 0. The zero-order valence-corrected chi connectivity index (χ0v) is 16.3. The number of nitrogens with zero attached hydrogens (tertiary/aromatic N) is 2. The molecule has 0 aliphatic rings. The molecule has 0 saturated carbocycles. The smallest absolute Gasteiger partial charge is 0.269 e. The third-order valence-electron chi connectivity index (χ3n) is 4.49. The molecule has 2 N–H and O–H groups in total. The van der Waals surface area contributed by atoms with Crippen LogP contribution in [0.4, 0.5) is 5.69 Å². The van der Waals surface area contributed by atoms with Gasteiger partial charge in [-0.05, 0) is 37.1 Å². The molecule has 0 aliphatic carbocycles. The Morgan fingerprint density at radius 2 is 1.79 bits per heavy atom. The van der Waals surface area contributed by atoms with Gasteiger partial charge in [-0.1, -0.05) is 42.5 Å². The van der Waals surface area contributed by atoms with Gasteiger partial charge in [-0.3, -0.25) is 14.3 Å². The second kappa shape index (κ2) is 8.52. The minimum absolute atomic E-state index is 0.135. The number of anilines is 1. The fraction of sp³-hybridized carbons (Fsp3) is 0.227. The number of hydrogen-bond donors (Lipinski definition) is 2. The topological polar surface area (TPSA) is 76.0 Å². The van der Waals surface area contributed by atoms with E-state index in [0.29, 0.717) is 5.69 Å². The third kappa shape index (κ3) is 4.65. The summed E-state index contributed by atoms with van der Waals surface area (Å²) in [6.07, 6.45) is 0.197. The van der Waals surface area contributed by atoms with Crippen molar-refractivity contribution < 1.29 is 9.59 Å². The monoisotopic (exact) mass is 376 g/mol. The first-order valence-electron chi connectivity index (χ1n) is 9.19. The lowest BCUT2D eigenvalue weighted by atomic mass is 10.1. The zero-order chi connectivity index (χ0) is 20.1. The Balaban J connectivity index is 1.55. The summed E-state index contributed by atoms with van der Waals surface area (Å²) < 4.78 is 1.55. The van der Waals surface area contributed by atoms with E-state index in [4.69, 9.17) is 0 Å². The van der Waals surface area contributed by atoms with Crippen LogP contribution < -0.4 is 10.6 Å². The highest BCUT2D eigenvalue weighted by atomic mass is 16.2. The first-order chi connectivity index (χ1) is 13.4. The van der Waals surface area contributed by atoms with Crippen molar-refractivity contribution in [1.82, 2.24) is 15.1 Å². The van der Waals surface area contributed by atoms with Crippen molar-refractivity contribution in [3.8, 4) is 11.3 Å². The minimum atomic E-state index is -0.253. The number of amides is 2. The predicted molar refractivity (Wildman–Crippen MR) is 110 cm³/mol. The summed E-state index contributed by atoms with van der Waals surface area (Å²) in [5.41, 5.74) is 5.03. The predicted octanol–water partition coefficient (Wildman–Crippen LogP) is 3.46. The van der Waals surface area contributed by atoms with Crippen LogP contribution >= 0.6 is 0 Å². The Bertz CT molecular complexity index is 993. The molecule has 1 aromatic heterocycles. The van der Waals surface area contributed by atoms with Gasteiger partial charge in [-0.2, -0.15) is 5.10 Å². The summed E-state index contributed by atoms with van der Waals surface area (Å²) in [7, 11) is 1.73. The van der Waals surface area contributed by atoms with Crippen LogP contribution in [0.5, 0.6) is 0 Å². The maximum Gasteiger partial charge on any atom is 0.269 e. The molecular formula is C22H24N4O2. The van der Waals surface area contributed by atoms with Gasteiger partial charge < -0.3 is 10.6 Å². The highest BCUT2D eigenvalue weighted by Gasteiger charge is 2.14. The molecule has 0 aliphatic heterocycles. The van der Waals surface area contributed by atoms with Gasteiger partial charge in [0.2, 0.25) is 5.91 Å². The van der Waals surface area contributed by atoms with Crippen molar-refractivity contribution in [2.24, 2.45) is 7.05 Å². The minimum Gasteiger partial charge on any atom is -0.350 e. The van der Waals surface area contributed by atoms with Crippen LogP contribution in [0.25, 0.3) is 11.3 Å². The summed E-state index contributed by atoms with van der Waals surface area (Å²) in [4.78, 5) is 24.6. The van der Waals surface area contributed by atoms with Gasteiger partial charge >= 0.3 is 0 Å². The summed E-state index contributed by atoms with van der Waals surface area (Å²) in [6, 6.07) is 17.3. The molecule has 3 rings (SSSR count). The Kier molecular flexibility index (Phi) is 5.89. The number of carbonyl (C=O) groups excluding carboxylic acids is 2. The first-order valence-corrected chi connectivity index (χ1v) is 9.19. The van der Waals surface area contributed by atoms with Crippen molar-refractivity contribution in [2.75, 3.05) is 11.9 Å². The van der Waals surface area contributed by atoms with Gasteiger partial charge in [0.25, 0.3) is 5.91 Å². The van der Waals surface area contributed by atoms with Gasteiger partial charge in [-0.25, -0.2) is 0 Å². The van der Waals surface area contributed by atoms with Crippen molar-refractivity contribution in [2.45, 2.75) is 20.3 Å². The van der Waals surface area contributed by atoms with E-state index >= 15 is 0 Å². The fourth-order valence-electron chi connectivity index (χ4n) is 2.89. The van der Waals surface area contributed by atoms with Crippen LogP contribution in [0, 0.1) is 13.8 Å². The standard InChI is InChI=1S/C22H24N4O2/c1-15-9-10-16(2)18(13-15)24-21(27)11-12-23-22(28)20-14-19(25-26(20)3)17-7-5-4-6-8-17/h4-10,13-14H,11-12H2,1-3H3,(H,23,28)(H,24,27). The number of carbonyl (C=O) groups is 2. The molecule has 0 fully saturated rings. The average Bonchev–Trinajstić information content (AvgIpc) is 3.07. The molecule has 0 unspecified atom stereocenters. The van der Waals surface area contributed by atoms with E-state index in [1.807, 2.05) is 62.4 Å². The maximum absolute atomic E-state index is 12.4. The highest BCUT2D eigenvalue weighted by molar-refractivity contribution is 5.95. The largest absolute Gasteiger partial charge is 0.350 e. The number of rotatable bonds is 6. The van der Waals surface area contributed by atoms with Gasteiger partial charge in [0.05, 0.1) is 5.69 Å². The summed E-state index contributed by atoms with van der Waals surface area (Å²) in [6.45, 7) is 4.18. The van der Waals surface area contributed by atoms with Crippen LogP contribution in [0.2, 0.25) is 0 Å². The zero-order valence-electron chi connectivity index (χ0n) is 16.3. The molecule has 0 radical (unpaired) electrons. The lowest BCUT2D eigenvalue weighted by Gasteiger charge is -2.10. The molecule has 0 saturated heterocycles. The molecular weight excluding hydrogens is 352 g/mol. The van der Waals surface area contributed by atoms with Gasteiger partial charge in [0.15, 0.2) is 0 Å². The van der Waals surface area contributed by atoms with Crippen LogP contribution in [-0.2, 0) is 11.8 Å². The van der Waals surface area contributed by atoms with Crippen LogP contribution in [0.1, 0.15) is 28.0 Å². The van der Waals surface area contributed by atoms with E-state index in [2.05, 4.69) is 15.7 Å². The second-order valence-electron chi connectivity index (χ2n) is 6.78. The normalized spacial score (nSPS) is 10.5. The van der Waals surface area contributed by atoms with Crippen molar-refractivity contribution in [3.05, 3.63) is 71.4 Å². The number of nitrogens with one attached hydrogen (secondary N) is 2. The Hall–Kier alpha value is -3.41. The van der Waals surface area contributed by atoms with E-state index in [1.165, 1.54) is 0 Å². The van der Waals surface area contributed by atoms with Crippen molar-refractivity contribution >= 4 is 17.5 Å². The Labute approximate surface area is 164 Å². The molecule has 0 spiro atoms. The van der Waals surface area contributed by atoms with E-state index in [1.54, 1.807) is 17.8 Å². The van der Waals surface area contributed by atoms with Crippen molar-refractivity contribution in [1.29, 1.82) is 0 Å². The SMILES string of the molecule is Cc1ccc(C)c(NC(=O)CCNC(=O)c2cc(-c3ccccc3)nn2C)c1. The van der Waals surface area contributed by atoms with E-state index in [0.717, 1.165) is 28.1 Å².